The van der Waals surface area contributed by atoms with Gasteiger partial charge in [0.1, 0.15) is 12.4 Å². The zero-order valence-corrected chi connectivity index (χ0v) is 14.2. The molecule has 0 N–H and O–H groups in total. The Balaban J connectivity index is 2.11. The van der Waals surface area contributed by atoms with Crippen LogP contribution in [0.3, 0.4) is 0 Å². The smallest absolute Gasteiger partial charge is 0.176 e. The molecular formula is C19H22O2S. The number of ketones is 1. The second-order valence-corrected chi connectivity index (χ2v) is 7.12. The Labute approximate surface area is 136 Å². The van der Waals surface area contributed by atoms with E-state index in [1.54, 1.807) is 11.8 Å². The SMILES string of the molecule is Cc1ccc(OCc2ccccc2)c(C(=O)CSC(C)C)c1. The van der Waals surface area contributed by atoms with Gasteiger partial charge in [-0.1, -0.05) is 55.8 Å². The van der Waals surface area contributed by atoms with Crippen molar-refractivity contribution in [3.63, 3.8) is 0 Å². The Morgan fingerprint density at radius 2 is 1.86 bits per heavy atom. The van der Waals surface area contributed by atoms with Gasteiger partial charge in [0.05, 0.1) is 11.3 Å². The van der Waals surface area contributed by atoms with Crippen molar-refractivity contribution in [3.05, 3.63) is 65.2 Å². The van der Waals surface area contributed by atoms with Crippen LogP contribution < -0.4 is 4.74 Å². The molecular weight excluding hydrogens is 292 g/mol. The molecule has 0 aliphatic heterocycles. The van der Waals surface area contributed by atoms with Gasteiger partial charge in [-0.2, -0.15) is 11.8 Å². The highest BCUT2D eigenvalue weighted by molar-refractivity contribution is 8.00. The van der Waals surface area contributed by atoms with Crippen molar-refractivity contribution in [2.45, 2.75) is 32.6 Å². The molecule has 0 amide bonds. The Kier molecular flexibility index (Phi) is 6.08. The fourth-order valence-electron chi connectivity index (χ4n) is 2.04. The highest BCUT2D eigenvalue weighted by atomic mass is 32.2. The van der Waals surface area contributed by atoms with E-state index < -0.39 is 0 Å². The third kappa shape index (κ3) is 4.92. The van der Waals surface area contributed by atoms with Crippen molar-refractivity contribution >= 4 is 17.5 Å². The molecule has 22 heavy (non-hydrogen) atoms. The van der Waals surface area contributed by atoms with Gasteiger partial charge in [-0.25, -0.2) is 0 Å². The lowest BCUT2D eigenvalue weighted by atomic mass is 10.1. The fraction of sp³-hybridized carbons (Fsp3) is 0.316. The molecule has 0 saturated carbocycles. The molecule has 2 rings (SSSR count). The normalized spacial score (nSPS) is 10.7. The lowest BCUT2D eigenvalue weighted by Crippen LogP contribution is -2.08. The molecule has 0 unspecified atom stereocenters. The maximum Gasteiger partial charge on any atom is 0.176 e. The van der Waals surface area contributed by atoms with Crippen molar-refractivity contribution in [1.82, 2.24) is 0 Å². The van der Waals surface area contributed by atoms with Crippen LogP contribution in [0.5, 0.6) is 5.75 Å². The third-order valence-corrected chi connectivity index (χ3v) is 4.32. The standard InChI is InChI=1S/C19H22O2S/c1-14(2)22-13-18(20)17-11-15(3)9-10-19(17)21-12-16-7-5-4-6-8-16/h4-11,14H,12-13H2,1-3H3. The van der Waals surface area contributed by atoms with Gasteiger partial charge in [0.15, 0.2) is 5.78 Å². The molecule has 3 heteroatoms. The molecule has 0 heterocycles. The zero-order valence-electron chi connectivity index (χ0n) is 13.3. The van der Waals surface area contributed by atoms with E-state index in [1.807, 2.05) is 55.5 Å². The molecule has 0 radical (unpaired) electrons. The Morgan fingerprint density at radius 3 is 2.55 bits per heavy atom. The first-order valence-corrected chi connectivity index (χ1v) is 8.53. The number of carbonyl (C=O) groups is 1. The summed E-state index contributed by atoms with van der Waals surface area (Å²) in [5, 5.41) is 0.447. The lowest BCUT2D eigenvalue weighted by molar-refractivity contribution is 0.101. The van der Waals surface area contributed by atoms with Gasteiger partial charge >= 0.3 is 0 Å². The number of hydrogen-bond acceptors (Lipinski definition) is 3. The van der Waals surface area contributed by atoms with Crippen LogP contribution in [-0.2, 0) is 6.61 Å². The van der Waals surface area contributed by atoms with Gasteiger partial charge in [0, 0.05) is 0 Å². The Morgan fingerprint density at radius 1 is 1.14 bits per heavy atom. The van der Waals surface area contributed by atoms with Crippen LogP contribution in [-0.4, -0.2) is 16.8 Å². The first-order valence-electron chi connectivity index (χ1n) is 7.48. The van der Waals surface area contributed by atoms with E-state index in [9.17, 15) is 4.79 Å². The number of hydrogen-bond donors (Lipinski definition) is 0. The van der Waals surface area contributed by atoms with E-state index in [0.29, 0.717) is 28.9 Å². The number of rotatable bonds is 7. The summed E-state index contributed by atoms with van der Waals surface area (Å²) in [5.74, 6) is 1.29. The molecule has 2 nitrogen and oxygen atoms in total. The van der Waals surface area contributed by atoms with E-state index in [0.717, 1.165) is 11.1 Å². The summed E-state index contributed by atoms with van der Waals surface area (Å²) in [7, 11) is 0. The van der Waals surface area contributed by atoms with Crippen molar-refractivity contribution in [2.24, 2.45) is 0 Å². The topological polar surface area (TPSA) is 26.3 Å². The predicted octanol–water partition coefficient (Wildman–Crippen LogP) is 4.90. The number of carbonyl (C=O) groups excluding carboxylic acids is 1. The third-order valence-electron chi connectivity index (χ3n) is 3.22. The second-order valence-electron chi connectivity index (χ2n) is 5.56. The molecule has 0 fully saturated rings. The minimum atomic E-state index is 0.130. The van der Waals surface area contributed by atoms with Crippen LogP contribution in [0.25, 0.3) is 0 Å². The van der Waals surface area contributed by atoms with Crippen LogP contribution >= 0.6 is 11.8 Å². The van der Waals surface area contributed by atoms with Crippen molar-refractivity contribution < 1.29 is 9.53 Å². The first kappa shape index (κ1) is 16.6. The maximum atomic E-state index is 12.4. The number of Topliss-reactive ketones (excluding diaryl/α,β-unsaturated/α-hetero) is 1. The first-order chi connectivity index (χ1) is 10.6. The van der Waals surface area contributed by atoms with E-state index in [1.165, 1.54) is 0 Å². The minimum absolute atomic E-state index is 0.130. The molecule has 116 valence electrons. The summed E-state index contributed by atoms with van der Waals surface area (Å²) in [4.78, 5) is 12.4. The van der Waals surface area contributed by atoms with E-state index in [2.05, 4.69) is 13.8 Å². The van der Waals surface area contributed by atoms with Gasteiger partial charge in [-0.05, 0) is 29.9 Å². The summed E-state index contributed by atoms with van der Waals surface area (Å²) >= 11 is 1.66. The number of ether oxygens (including phenoxy) is 1. The molecule has 0 aliphatic carbocycles. The van der Waals surface area contributed by atoms with Crippen LogP contribution in [0.1, 0.15) is 35.3 Å². The van der Waals surface area contributed by atoms with Gasteiger partial charge < -0.3 is 4.74 Å². The average Bonchev–Trinajstić information content (AvgIpc) is 2.52. The van der Waals surface area contributed by atoms with Gasteiger partial charge in [-0.3, -0.25) is 4.79 Å². The van der Waals surface area contributed by atoms with Crippen LogP contribution in [0.4, 0.5) is 0 Å². The highest BCUT2D eigenvalue weighted by Gasteiger charge is 2.14. The van der Waals surface area contributed by atoms with E-state index >= 15 is 0 Å². The molecule has 2 aromatic carbocycles. The van der Waals surface area contributed by atoms with Crippen LogP contribution in [0, 0.1) is 6.92 Å². The van der Waals surface area contributed by atoms with Gasteiger partial charge in [0.2, 0.25) is 0 Å². The molecule has 0 bridgehead atoms. The fourth-order valence-corrected chi connectivity index (χ4v) is 2.68. The molecule has 0 saturated heterocycles. The summed E-state index contributed by atoms with van der Waals surface area (Å²) in [5.41, 5.74) is 2.85. The largest absolute Gasteiger partial charge is 0.488 e. The summed E-state index contributed by atoms with van der Waals surface area (Å²) in [6, 6.07) is 15.8. The van der Waals surface area contributed by atoms with E-state index in [-0.39, 0.29) is 5.78 Å². The van der Waals surface area contributed by atoms with Crippen molar-refractivity contribution in [2.75, 3.05) is 5.75 Å². The molecule has 0 aromatic heterocycles. The quantitative estimate of drug-likeness (QED) is 0.680. The van der Waals surface area contributed by atoms with Crippen molar-refractivity contribution in [3.8, 4) is 5.75 Å². The second kappa shape index (κ2) is 8.04. The van der Waals surface area contributed by atoms with Gasteiger partial charge in [0.25, 0.3) is 0 Å². The van der Waals surface area contributed by atoms with Crippen LogP contribution in [0.15, 0.2) is 48.5 Å². The summed E-state index contributed by atoms with van der Waals surface area (Å²) in [6.07, 6.45) is 0. The number of thioether (sulfide) groups is 1. The molecule has 2 aromatic rings. The highest BCUT2D eigenvalue weighted by Crippen LogP contribution is 2.24. The van der Waals surface area contributed by atoms with Crippen LogP contribution in [0.2, 0.25) is 0 Å². The molecule has 0 atom stereocenters. The zero-order chi connectivity index (χ0) is 15.9. The van der Waals surface area contributed by atoms with Gasteiger partial charge in [-0.15, -0.1) is 0 Å². The monoisotopic (exact) mass is 314 g/mol. The van der Waals surface area contributed by atoms with Crippen molar-refractivity contribution in [1.29, 1.82) is 0 Å². The summed E-state index contributed by atoms with van der Waals surface area (Å²) < 4.78 is 5.88. The maximum absolute atomic E-state index is 12.4. The Bertz CT molecular complexity index is 621. The molecule has 0 spiro atoms. The number of benzene rings is 2. The molecule has 0 aliphatic rings. The number of aryl methyl sites for hydroxylation is 1. The summed E-state index contributed by atoms with van der Waals surface area (Å²) in [6.45, 7) is 6.66. The lowest BCUT2D eigenvalue weighted by Gasteiger charge is -2.12. The van der Waals surface area contributed by atoms with E-state index in [4.69, 9.17) is 4.74 Å². The Hall–Kier alpha value is -1.74. The average molecular weight is 314 g/mol. The predicted molar refractivity (Wildman–Crippen MR) is 93.9 cm³/mol. The minimum Gasteiger partial charge on any atom is -0.488 e.